The lowest BCUT2D eigenvalue weighted by molar-refractivity contribution is -0.153. The van der Waals surface area contributed by atoms with Crippen LogP contribution < -0.4 is 0 Å². The lowest BCUT2D eigenvalue weighted by Gasteiger charge is -2.58. The third-order valence-electron chi connectivity index (χ3n) is 6.33. The van der Waals surface area contributed by atoms with E-state index in [1.54, 1.807) is 23.9 Å². The lowest BCUT2D eigenvalue weighted by atomic mass is 9.56. The van der Waals surface area contributed by atoms with Gasteiger partial charge in [-0.3, -0.25) is 14.5 Å². The second-order valence-electron chi connectivity index (χ2n) is 8.41. The average molecular weight is 365 g/mol. The summed E-state index contributed by atoms with van der Waals surface area (Å²) in [6.07, 6.45) is 9.49. The van der Waals surface area contributed by atoms with Crippen molar-refractivity contribution < 1.29 is 19.4 Å². The topological polar surface area (TPSA) is 66.8 Å². The summed E-state index contributed by atoms with van der Waals surface area (Å²) in [4.78, 5) is 25.2. The molecule has 0 aromatic heterocycles. The van der Waals surface area contributed by atoms with E-state index in [9.17, 15) is 14.7 Å². The average Bonchev–Trinajstić information content (AvgIpc) is 2.47. The van der Waals surface area contributed by atoms with E-state index in [0.29, 0.717) is 0 Å². The van der Waals surface area contributed by atoms with Gasteiger partial charge in [-0.2, -0.15) is 0 Å². The van der Waals surface area contributed by atoms with Crippen molar-refractivity contribution in [2.75, 3.05) is 0 Å². The maximum atomic E-state index is 12.2. The van der Waals surface area contributed by atoms with Gasteiger partial charge in [0.2, 0.25) is 5.91 Å². The number of carbonyl (C=O) groups excluding carboxylic acids is 2. The first-order valence-electron chi connectivity index (χ1n) is 9.35. The van der Waals surface area contributed by atoms with Crippen LogP contribution in [0.25, 0.3) is 0 Å². The summed E-state index contributed by atoms with van der Waals surface area (Å²) in [5.74, 6) is 1.88. The summed E-state index contributed by atoms with van der Waals surface area (Å²) in [5.41, 5.74) is 0. The molecule has 4 aliphatic carbocycles. The van der Waals surface area contributed by atoms with E-state index in [1.807, 2.05) is 0 Å². The molecule has 3 unspecified atom stereocenters. The first kappa shape index (κ1) is 17.4. The van der Waals surface area contributed by atoms with Crippen molar-refractivity contribution in [2.24, 2.45) is 17.8 Å². The van der Waals surface area contributed by atoms with Crippen molar-refractivity contribution >= 4 is 23.6 Å². The van der Waals surface area contributed by atoms with Crippen LogP contribution in [0, 0.1) is 17.8 Å². The molecule has 6 heteroatoms. The molecule has 4 fully saturated rings. The van der Waals surface area contributed by atoms with Gasteiger partial charge in [0.25, 0.3) is 0 Å². The number of ether oxygens (including phenoxy) is 1. The highest BCUT2D eigenvalue weighted by atomic mass is 32.2. The fraction of sp³-hybridized carbons (Fsp3) is 0.789. The molecule has 3 atom stereocenters. The van der Waals surface area contributed by atoms with Gasteiger partial charge in [-0.1, -0.05) is 0 Å². The van der Waals surface area contributed by atoms with Crippen LogP contribution in [0.4, 0.5) is 0 Å². The molecule has 0 spiro atoms. The summed E-state index contributed by atoms with van der Waals surface area (Å²) < 4.78 is 5.66. The summed E-state index contributed by atoms with van der Waals surface area (Å²) in [5, 5.41) is 9.99. The standard InChI is InChI=1S/C19H27NO4S/c1-11(21)20-17(23)4-3-16(24-12(2)22)18(20)25-19-8-13-5-14(9-19)7-15(6-13)10-19/h3-4,13-18,23H,5-10H2,1-2H3. The molecular weight excluding hydrogens is 338 g/mol. The van der Waals surface area contributed by atoms with Crippen LogP contribution in [-0.2, 0) is 14.3 Å². The molecule has 0 aromatic carbocycles. The molecule has 25 heavy (non-hydrogen) atoms. The van der Waals surface area contributed by atoms with E-state index >= 15 is 0 Å². The van der Waals surface area contributed by atoms with Crippen LogP contribution in [0.3, 0.4) is 0 Å². The maximum Gasteiger partial charge on any atom is 0.303 e. The first-order valence-corrected chi connectivity index (χ1v) is 10.2. The van der Waals surface area contributed by atoms with Gasteiger partial charge in [0.05, 0.1) is 0 Å². The summed E-state index contributed by atoms with van der Waals surface area (Å²) >= 11 is 1.78. The number of aliphatic hydroxyl groups is 1. The van der Waals surface area contributed by atoms with Crippen LogP contribution in [0.1, 0.15) is 52.4 Å². The Kier molecular flexibility index (Phi) is 4.39. The van der Waals surface area contributed by atoms with Crippen molar-refractivity contribution in [3.8, 4) is 0 Å². The highest BCUT2D eigenvalue weighted by Gasteiger charge is 2.54. The van der Waals surface area contributed by atoms with E-state index in [4.69, 9.17) is 4.74 Å². The van der Waals surface area contributed by atoms with Crippen LogP contribution >= 0.6 is 11.8 Å². The zero-order valence-electron chi connectivity index (χ0n) is 14.9. The number of hydrogen-bond acceptors (Lipinski definition) is 5. The van der Waals surface area contributed by atoms with Crippen LogP contribution in [-0.4, -0.2) is 44.3 Å². The van der Waals surface area contributed by atoms with Gasteiger partial charge in [-0.15, -0.1) is 11.8 Å². The number of amides is 1. The molecule has 1 amide bonds. The second kappa shape index (κ2) is 6.31. The number of carbonyl (C=O) groups is 2. The molecule has 0 saturated heterocycles. The Hall–Kier alpha value is -1.01. The van der Waals surface area contributed by atoms with Gasteiger partial charge in [0.15, 0.2) is 0 Å². The third kappa shape index (κ3) is 3.23. The molecule has 1 N–H and O–H groups in total. The highest BCUT2D eigenvalue weighted by molar-refractivity contribution is 8.01. The number of hydrogen-bond donors (Lipinski definition) is 1. The Labute approximate surface area is 153 Å². The quantitative estimate of drug-likeness (QED) is 0.615. The van der Waals surface area contributed by atoms with Gasteiger partial charge in [0.1, 0.15) is 17.7 Å². The fourth-order valence-electron chi connectivity index (χ4n) is 5.92. The minimum absolute atomic E-state index is 0.163. The first-order chi connectivity index (χ1) is 11.8. The highest BCUT2D eigenvalue weighted by Crippen LogP contribution is 2.62. The normalized spacial score (nSPS) is 44.8. The molecule has 5 nitrogen and oxygen atoms in total. The fourth-order valence-corrected chi connectivity index (χ4v) is 8.09. The molecule has 4 bridgehead atoms. The van der Waals surface area contributed by atoms with Crippen LogP contribution in [0.2, 0.25) is 0 Å². The molecule has 0 radical (unpaired) electrons. The van der Waals surface area contributed by atoms with Gasteiger partial charge >= 0.3 is 5.97 Å². The Morgan fingerprint density at radius 2 is 1.64 bits per heavy atom. The van der Waals surface area contributed by atoms with E-state index < -0.39 is 12.3 Å². The summed E-state index contributed by atoms with van der Waals surface area (Å²) in [6, 6.07) is 0. The van der Waals surface area contributed by atoms with Gasteiger partial charge in [-0.25, -0.2) is 0 Å². The van der Waals surface area contributed by atoms with E-state index in [2.05, 4.69) is 0 Å². The van der Waals surface area contributed by atoms with Crippen molar-refractivity contribution in [3.05, 3.63) is 12.2 Å². The molecule has 1 heterocycles. The van der Waals surface area contributed by atoms with Crippen molar-refractivity contribution in [3.63, 3.8) is 0 Å². The second-order valence-corrected chi connectivity index (χ2v) is 9.99. The predicted octanol–water partition coefficient (Wildman–Crippen LogP) is 2.68. The smallest absolute Gasteiger partial charge is 0.303 e. The number of nitrogens with zero attached hydrogens (tertiary/aromatic N) is 1. The van der Waals surface area contributed by atoms with Gasteiger partial charge < -0.3 is 9.84 Å². The minimum atomic E-state index is -0.948. The third-order valence-corrected chi connectivity index (χ3v) is 8.07. The summed E-state index contributed by atoms with van der Waals surface area (Å²) in [7, 11) is 0. The van der Waals surface area contributed by atoms with Crippen LogP contribution in [0.5, 0.6) is 0 Å². The van der Waals surface area contributed by atoms with Gasteiger partial charge in [-0.05, 0) is 68.4 Å². The molecule has 138 valence electrons. The van der Waals surface area contributed by atoms with E-state index in [1.165, 1.54) is 57.3 Å². The maximum absolute atomic E-state index is 12.2. The molecule has 4 saturated carbocycles. The van der Waals surface area contributed by atoms with Crippen molar-refractivity contribution in [1.29, 1.82) is 0 Å². The summed E-state index contributed by atoms with van der Waals surface area (Å²) in [6.45, 7) is 2.86. The van der Waals surface area contributed by atoms with Crippen molar-refractivity contribution in [1.82, 2.24) is 4.90 Å². The van der Waals surface area contributed by atoms with Gasteiger partial charge in [0, 0.05) is 18.6 Å². The minimum Gasteiger partial charge on any atom is -0.455 e. The van der Waals surface area contributed by atoms with E-state index in [-0.39, 0.29) is 22.0 Å². The molecule has 1 aliphatic heterocycles. The zero-order chi connectivity index (χ0) is 17.8. The molecule has 5 rings (SSSR count). The number of aliphatic hydroxyl groups excluding tert-OH is 1. The largest absolute Gasteiger partial charge is 0.455 e. The number of thioether (sulfide) groups is 1. The monoisotopic (exact) mass is 365 g/mol. The SMILES string of the molecule is CC(=O)OC1C=CC(O)N(C(C)=O)C1SC12CC3CC(CC(C3)C1)C2. The lowest BCUT2D eigenvalue weighted by Crippen LogP contribution is -2.56. The Morgan fingerprint density at radius 1 is 1.08 bits per heavy atom. The Morgan fingerprint density at radius 3 is 2.12 bits per heavy atom. The van der Waals surface area contributed by atoms with Crippen LogP contribution in [0.15, 0.2) is 12.2 Å². The predicted molar refractivity (Wildman–Crippen MR) is 95.5 cm³/mol. The number of rotatable bonds is 3. The molecule has 0 aromatic rings. The van der Waals surface area contributed by atoms with Crippen molar-refractivity contribution in [2.45, 2.75) is 74.8 Å². The molecular formula is C19H27NO4S. The zero-order valence-corrected chi connectivity index (χ0v) is 15.7. The number of esters is 1. The van der Waals surface area contributed by atoms with E-state index in [0.717, 1.165) is 17.8 Å². The Bertz CT molecular complexity index is 569. The Balaban J connectivity index is 1.61. The molecule has 5 aliphatic rings.